The van der Waals surface area contributed by atoms with Gasteiger partial charge in [-0.3, -0.25) is 4.40 Å². The van der Waals surface area contributed by atoms with Gasteiger partial charge in [-0.05, 0) is 27.7 Å². The third-order valence-electron chi connectivity index (χ3n) is 3.42. The number of nitrogens with one attached hydrogen (secondary N) is 1. The van der Waals surface area contributed by atoms with Gasteiger partial charge >= 0.3 is 0 Å². The Balaban J connectivity index is 1.80. The lowest BCUT2D eigenvalue weighted by Crippen LogP contribution is -2.20. The highest BCUT2D eigenvalue weighted by Crippen LogP contribution is 2.21. The fraction of sp³-hybridized carbons (Fsp3) is 0.429. The predicted molar refractivity (Wildman–Crippen MR) is 79.0 cm³/mol. The number of nitrogens with zero attached hydrogens (tertiary/aromatic N) is 3. The van der Waals surface area contributed by atoms with Crippen molar-refractivity contribution >= 4 is 16.3 Å². The number of rotatable bonds is 4. The summed E-state index contributed by atoms with van der Waals surface area (Å²) in [6.45, 7) is 8.86. The fourth-order valence-corrected chi connectivity index (χ4v) is 3.22. The van der Waals surface area contributed by atoms with E-state index in [9.17, 15) is 0 Å². The maximum absolute atomic E-state index is 5.55. The molecule has 3 heterocycles. The Bertz CT molecular complexity index is 740. The quantitative estimate of drug-likeness (QED) is 0.802. The molecule has 3 rings (SSSR count). The SMILES string of the molecule is Cc1cnc(C(C)NCc2c(C)nc3scc(C)n23)o1. The first-order valence-corrected chi connectivity index (χ1v) is 7.52. The molecule has 20 heavy (non-hydrogen) atoms. The van der Waals surface area contributed by atoms with Crippen molar-refractivity contribution in [3.63, 3.8) is 0 Å². The van der Waals surface area contributed by atoms with E-state index < -0.39 is 0 Å². The van der Waals surface area contributed by atoms with Crippen LogP contribution in [0, 0.1) is 20.8 Å². The highest BCUT2D eigenvalue weighted by atomic mass is 32.1. The van der Waals surface area contributed by atoms with Crippen molar-refractivity contribution in [1.29, 1.82) is 0 Å². The molecule has 0 fully saturated rings. The summed E-state index contributed by atoms with van der Waals surface area (Å²) in [5, 5.41) is 5.58. The highest BCUT2D eigenvalue weighted by molar-refractivity contribution is 7.15. The maximum Gasteiger partial charge on any atom is 0.211 e. The van der Waals surface area contributed by atoms with Gasteiger partial charge in [0.15, 0.2) is 4.96 Å². The molecule has 1 N–H and O–H groups in total. The second kappa shape index (κ2) is 5.03. The smallest absolute Gasteiger partial charge is 0.211 e. The van der Waals surface area contributed by atoms with Gasteiger partial charge in [0, 0.05) is 17.6 Å². The zero-order chi connectivity index (χ0) is 14.3. The highest BCUT2D eigenvalue weighted by Gasteiger charge is 2.15. The van der Waals surface area contributed by atoms with Crippen molar-refractivity contribution in [1.82, 2.24) is 19.7 Å². The van der Waals surface area contributed by atoms with Gasteiger partial charge in [0.05, 0.1) is 23.6 Å². The molecular formula is C14H18N4OS. The third-order valence-corrected chi connectivity index (χ3v) is 4.36. The van der Waals surface area contributed by atoms with E-state index in [0.29, 0.717) is 0 Å². The molecule has 0 radical (unpaired) electrons. The van der Waals surface area contributed by atoms with E-state index in [4.69, 9.17) is 4.42 Å². The number of oxazole rings is 1. The average Bonchev–Trinajstić information content (AvgIpc) is 3.06. The number of aryl methyl sites for hydroxylation is 3. The lowest BCUT2D eigenvalue weighted by atomic mass is 10.3. The van der Waals surface area contributed by atoms with E-state index in [-0.39, 0.29) is 6.04 Å². The van der Waals surface area contributed by atoms with Crippen LogP contribution in [0.4, 0.5) is 0 Å². The van der Waals surface area contributed by atoms with Crippen LogP contribution < -0.4 is 5.32 Å². The van der Waals surface area contributed by atoms with Crippen LogP contribution in [0.2, 0.25) is 0 Å². The van der Waals surface area contributed by atoms with Gasteiger partial charge in [0.1, 0.15) is 5.76 Å². The van der Waals surface area contributed by atoms with E-state index in [1.807, 2.05) is 6.92 Å². The Kier molecular flexibility index (Phi) is 3.35. The minimum Gasteiger partial charge on any atom is -0.444 e. The number of aromatic nitrogens is 3. The summed E-state index contributed by atoms with van der Waals surface area (Å²) in [5.41, 5.74) is 3.50. The number of thiazole rings is 1. The van der Waals surface area contributed by atoms with Crippen LogP contribution in [-0.4, -0.2) is 14.4 Å². The van der Waals surface area contributed by atoms with Crippen LogP contribution in [0.25, 0.3) is 4.96 Å². The Morgan fingerprint density at radius 3 is 2.90 bits per heavy atom. The van der Waals surface area contributed by atoms with Crippen molar-refractivity contribution in [2.24, 2.45) is 0 Å². The molecule has 0 saturated carbocycles. The number of fused-ring (bicyclic) bond motifs is 1. The van der Waals surface area contributed by atoms with Crippen molar-refractivity contribution in [2.75, 3.05) is 0 Å². The largest absolute Gasteiger partial charge is 0.444 e. The Labute approximate surface area is 121 Å². The van der Waals surface area contributed by atoms with E-state index >= 15 is 0 Å². The van der Waals surface area contributed by atoms with Crippen molar-refractivity contribution < 1.29 is 4.42 Å². The first-order valence-electron chi connectivity index (χ1n) is 6.64. The second-order valence-corrected chi connectivity index (χ2v) is 5.89. The summed E-state index contributed by atoms with van der Waals surface area (Å²) in [7, 11) is 0. The summed E-state index contributed by atoms with van der Waals surface area (Å²) in [6, 6.07) is 0.0765. The summed E-state index contributed by atoms with van der Waals surface area (Å²) in [6.07, 6.45) is 1.75. The molecule has 1 atom stereocenters. The zero-order valence-corrected chi connectivity index (χ0v) is 12.9. The molecule has 0 bridgehead atoms. The zero-order valence-electron chi connectivity index (χ0n) is 12.1. The molecule has 0 saturated heterocycles. The Hall–Kier alpha value is -1.66. The van der Waals surface area contributed by atoms with E-state index in [0.717, 1.165) is 28.9 Å². The van der Waals surface area contributed by atoms with Crippen LogP contribution in [0.5, 0.6) is 0 Å². The fourth-order valence-electron chi connectivity index (χ4n) is 2.29. The first kappa shape index (κ1) is 13.3. The molecule has 0 aromatic carbocycles. The van der Waals surface area contributed by atoms with E-state index in [1.165, 1.54) is 11.4 Å². The van der Waals surface area contributed by atoms with Gasteiger partial charge in [-0.1, -0.05) is 0 Å². The molecule has 0 aliphatic rings. The standard InChI is InChI=1S/C14H18N4OS/c1-8-7-20-14-17-10(3)12(18(8)14)6-15-11(4)13-16-5-9(2)19-13/h5,7,11,15H,6H2,1-4H3. The second-order valence-electron chi connectivity index (χ2n) is 5.05. The van der Waals surface area contributed by atoms with Crippen LogP contribution in [0.15, 0.2) is 16.0 Å². The predicted octanol–water partition coefficient (Wildman–Crippen LogP) is 3.16. The summed E-state index contributed by atoms with van der Waals surface area (Å²) >= 11 is 1.68. The molecule has 106 valence electrons. The number of hydrogen-bond acceptors (Lipinski definition) is 5. The lowest BCUT2D eigenvalue weighted by molar-refractivity contribution is 0.400. The molecule has 6 heteroatoms. The monoisotopic (exact) mass is 290 g/mol. The number of imidazole rings is 1. The average molecular weight is 290 g/mol. The van der Waals surface area contributed by atoms with Crippen LogP contribution >= 0.6 is 11.3 Å². The molecule has 1 unspecified atom stereocenters. The van der Waals surface area contributed by atoms with Gasteiger partial charge in [-0.2, -0.15) is 0 Å². The van der Waals surface area contributed by atoms with Crippen molar-refractivity contribution in [2.45, 2.75) is 40.3 Å². The minimum absolute atomic E-state index is 0.0765. The summed E-state index contributed by atoms with van der Waals surface area (Å²) in [5.74, 6) is 1.56. The van der Waals surface area contributed by atoms with Crippen molar-refractivity contribution in [3.8, 4) is 0 Å². The first-order chi connectivity index (χ1) is 9.56. The molecular weight excluding hydrogens is 272 g/mol. The molecule has 0 aliphatic heterocycles. The topological polar surface area (TPSA) is 55.4 Å². The van der Waals surface area contributed by atoms with Crippen LogP contribution in [-0.2, 0) is 6.54 Å². The molecule has 3 aromatic rings. The molecule has 3 aromatic heterocycles. The Morgan fingerprint density at radius 1 is 1.40 bits per heavy atom. The Morgan fingerprint density at radius 2 is 2.20 bits per heavy atom. The van der Waals surface area contributed by atoms with Gasteiger partial charge in [-0.15, -0.1) is 11.3 Å². The maximum atomic E-state index is 5.55. The minimum atomic E-state index is 0.0765. The molecule has 5 nitrogen and oxygen atoms in total. The van der Waals surface area contributed by atoms with Gasteiger partial charge in [0.2, 0.25) is 5.89 Å². The van der Waals surface area contributed by atoms with Gasteiger partial charge in [0.25, 0.3) is 0 Å². The van der Waals surface area contributed by atoms with Gasteiger partial charge < -0.3 is 9.73 Å². The van der Waals surface area contributed by atoms with Gasteiger partial charge in [-0.25, -0.2) is 9.97 Å². The lowest BCUT2D eigenvalue weighted by Gasteiger charge is -2.10. The normalized spacial score (nSPS) is 13.2. The summed E-state index contributed by atoms with van der Waals surface area (Å²) < 4.78 is 7.76. The number of hydrogen-bond donors (Lipinski definition) is 1. The summed E-state index contributed by atoms with van der Waals surface area (Å²) in [4.78, 5) is 9.90. The van der Waals surface area contributed by atoms with E-state index in [1.54, 1.807) is 17.5 Å². The third kappa shape index (κ3) is 2.25. The van der Waals surface area contributed by atoms with Crippen molar-refractivity contribution in [3.05, 3.63) is 40.3 Å². The molecule has 0 spiro atoms. The van der Waals surface area contributed by atoms with E-state index in [2.05, 4.69) is 45.8 Å². The van der Waals surface area contributed by atoms with Crippen LogP contribution in [0.3, 0.4) is 0 Å². The molecule has 0 amide bonds. The van der Waals surface area contributed by atoms with Crippen LogP contribution in [0.1, 0.15) is 41.7 Å². The molecule has 0 aliphatic carbocycles.